The smallest absolute Gasteiger partial charge is 0.136 e. The number of aromatic amines is 1. The maximum Gasteiger partial charge on any atom is 0.136 e. The first-order valence-corrected chi connectivity index (χ1v) is 8.11. The van der Waals surface area contributed by atoms with Crippen LogP contribution in [-0.2, 0) is 29.6 Å². The van der Waals surface area contributed by atoms with E-state index in [4.69, 9.17) is 9.72 Å². The molecule has 2 N–H and O–H groups in total. The molecule has 0 aliphatic heterocycles. The third-order valence-corrected chi connectivity index (χ3v) is 4.11. The van der Waals surface area contributed by atoms with Crippen LogP contribution in [-0.4, -0.2) is 33.3 Å². The highest BCUT2D eigenvalue weighted by Gasteiger charge is 2.23. The molecule has 0 radical (unpaired) electrons. The fraction of sp³-hybridized carbons (Fsp3) is 0.588. The molecule has 1 unspecified atom stereocenters. The summed E-state index contributed by atoms with van der Waals surface area (Å²) in [6.07, 6.45) is 5.00. The Morgan fingerprint density at radius 1 is 1.35 bits per heavy atom. The van der Waals surface area contributed by atoms with Crippen molar-refractivity contribution in [3.8, 4) is 0 Å². The zero-order chi connectivity index (χ0) is 16.4. The molecule has 1 atom stereocenters. The summed E-state index contributed by atoms with van der Waals surface area (Å²) < 4.78 is 5.25. The van der Waals surface area contributed by atoms with Crippen molar-refractivity contribution in [2.75, 3.05) is 12.4 Å². The van der Waals surface area contributed by atoms with E-state index in [-0.39, 0.29) is 5.41 Å². The summed E-state index contributed by atoms with van der Waals surface area (Å²) in [5, 5.41) is 10.8. The van der Waals surface area contributed by atoms with Gasteiger partial charge in [0.1, 0.15) is 11.6 Å². The molecule has 3 rings (SSSR count). The number of ether oxygens (including phenoxy) is 1. The van der Waals surface area contributed by atoms with Crippen molar-refractivity contribution >= 4 is 5.82 Å². The van der Waals surface area contributed by atoms with Gasteiger partial charge in [0.05, 0.1) is 18.5 Å². The summed E-state index contributed by atoms with van der Waals surface area (Å²) in [7, 11) is 1.69. The maximum atomic E-state index is 5.25. The lowest BCUT2D eigenvalue weighted by Crippen LogP contribution is -2.28. The zero-order valence-electron chi connectivity index (χ0n) is 14.3. The molecule has 1 aliphatic carbocycles. The van der Waals surface area contributed by atoms with E-state index in [9.17, 15) is 0 Å². The maximum absolute atomic E-state index is 5.25. The molecule has 124 valence electrons. The van der Waals surface area contributed by atoms with Gasteiger partial charge < -0.3 is 10.1 Å². The van der Waals surface area contributed by atoms with Crippen LogP contribution in [0, 0.1) is 0 Å². The number of H-pyrrole nitrogens is 1. The monoisotopic (exact) mass is 315 g/mol. The average molecular weight is 315 g/mol. The molecule has 0 saturated heterocycles. The van der Waals surface area contributed by atoms with E-state index in [0.717, 1.165) is 36.6 Å². The SMILES string of the molecule is COCc1cc(NC2CCc3[nH]ncc3C2)nc(C(C)(C)C)n1. The first kappa shape index (κ1) is 15.9. The van der Waals surface area contributed by atoms with Crippen molar-refractivity contribution in [1.82, 2.24) is 20.2 Å². The predicted octanol–water partition coefficient (Wildman–Crippen LogP) is 2.61. The number of nitrogens with one attached hydrogen (secondary N) is 2. The van der Waals surface area contributed by atoms with Crippen LogP contribution in [0.4, 0.5) is 5.82 Å². The Hall–Kier alpha value is -1.95. The zero-order valence-corrected chi connectivity index (χ0v) is 14.3. The first-order valence-electron chi connectivity index (χ1n) is 8.11. The topological polar surface area (TPSA) is 75.7 Å². The van der Waals surface area contributed by atoms with E-state index in [1.54, 1.807) is 7.11 Å². The highest BCUT2D eigenvalue weighted by Crippen LogP contribution is 2.24. The molecule has 0 fully saturated rings. The number of methoxy groups -OCH3 is 1. The number of fused-ring (bicyclic) bond motifs is 1. The minimum Gasteiger partial charge on any atom is -0.378 e. The van der Waals surface area contributed by atoms with Gasteiger partial charge in [0.15, 0.2) is 0 Å². The third-order valence-electron chi connectivity index (χ3n) is 4.11. The van der Waals surface area contributed by atoms with Gasteiger partial charge >= 0.3 is 0 Å². The summed E-state index contributed by atoms with van der Waals surface area (Å²) in [6, 6.07) is 2.36. The number of hydrogen-bond acceptors (Lipinski definition) is 5. The second-order valence-corrected chi connectivity index (χ2v) is 7.21. The van der Waals surface area contributed by atoms with Gasteiger partial charge in [-0.1, -0.05) is 20.8 Å². The Morgan fingerprint density at radius 2 is 2.17 bits per heavy atom. The summed E-state index contributed by atoms with van der Waals surface area (Å²) in [4.78, 5) is 9.35. The van der Waals surface area contributed by atoms with Gasteiger partial charge in [0.25, 0.3) is 0 Å². The second kappa shape index (κ2) is 6.28. The fourth-order valence-electron chi connectivity index (χ4n) is 2.88. The van der Waals surface area contributed by atoms with Gasteiger partial charge in [-0.25, -0.2) is 9.97 Å². The van der Waals surface area contributed by atoms with Gasteiger partial charge in [-0.15, -0.1) is 0 Å². The van der Waals surface area contributed by atoms with Crippen LogP contribution in [0.5, 0.6) is 0 Å². The Morgan fingerprint density at radius 3 is 2.91 bits per heavy atom. The Labute approximate surface area is 137 Å². The van der Waals surface area contributed by atoms with Crippen LogP contribution < -0.4 is 5.32 Å². The Kier molecular flexibility index (Phi) is 4.35. The molecule has 6 nitrogen and oxygen atoms in total. The molecule has 2 heterocycles. The van der Waals surface area contributed by atoms with Gasteiger partial charge in [-0.3, -0.25) is 5.10 Å². The Bertz CT molecular complexity index is 674. The molecule has 2 aromatic heterocycles. The minimum atomic E-state index is -0.0928. The highest BCUT2D eigenvalue weighted by atomic mass is 16.5. The van der Waals surface area contributed by atoms with E-state index in [1.165, 1.54) is 11.3 Å². The highest BCUT2D eigenvalue weighted by molar-refractivity contribution is 5.39. The largest absolute Gasteiger partial charge is 0.378 e. The lowest BCUT2D eigenvalue weighted by atomic mass is 9.93. The summed E-state index contributed by atoms with van der Waals surface area (Å²) in [6.45, 7) is 6.87. The number of anilines is 1. The summed E-state index contributed by atoms with van der Waals surface area (Å²) >= 11 is 0. The van der Waals surface area contributed by atoms with E-state index in [2.05, 4.69) is 41.3 Å². The van der Waals surface area contributed by atoms with Crippen LogP contribution in [0.1, 0.15) is 50.0 Å². The van der Waals surface area contributed by atoms with Crippen LogP contribution in [0.25, 0.3) is 0 Å². The van der Waals surface area contributed by atoms with E-state index in [1.807, 2.05) is 12.3 Å². The normalized spacial score (nSPS) is 17.8. The van der Waals surface area contributed by atoms with Crippen LogP contribution in [0.3, 0.4) is 0 Å². The summed E-state index contributed by atoms with van der Waals surface area (Å²) in [5.74, 6) is 1.73. The first-order chi connectivity index (χ1) is 11.0. The van der Waals surface area contributed by atoms with Crippen molar-refractivity contribution in [1.29, 1.82) is 0 Å². The number of nitrogens with zero attached hydrogens (tertiary/aromatic N) is 3. The molecule has 0 amide bonds. The third kappa shape index (κ3) is 3.69. The van der Waals surface area contributed by atoms with Crippen molar-refractivity contribution in [3.05, 3.63) is 35.0 Å². The predicted molar refractivity (Wildman–Crippen MR) is 89.5 cm³/mol. The van der Waals surface area contributed by atoms with Gasteiger partial charge in [-0.05, 0) is 24.8 Å². The minimum absolute atomic E-state index is 0.0928. The standard InChI is InChI=1S/C17H25N5O/c1-17(2,3)16-20-13(10-23-4)8-15(21-16)19-12-5-6-14-11(7-12)9-18-22-14/h8-9,12H,5-7,10H2,1-4H3,(H,18,22)(H,19,20,21). The van der Waals surface area contributed by atoms with Crippen LogP contribution >= 0.6 is 0 Å². The fourth-order valence-corrected chi connectivity index (χ4v) is 2.88. The summed E-state index contributed by atoms with van der Waals surface area (Å²) in [5.41, 5.74) is 3.39. The Balaban J connectivity index is 1.80. The van der Waals surface area contributed by atoms with E-state index >= 15 is 0 Å². The van der Waals surface area contributed by atoms with Gasteiger partial charge in [0.2, 0.25) is 0 Å². The molecule has 23 heavy (non-hydrogen) atoms. The van der Waals surface area contributed by atoms with Crippen molar-refractivity contribution in [2.24, 2.45) is 0 Å². The lowest BCUT2D eigenvalue weighted by Gasteiger charge is -2.25. The van der Waals surface area contributed by atoms with E-state index < -0.39 is 0 Å². The van der Waals surface area contributed by atoms with Gasteiger partial charge in [0, 0.05) is 30.3 Å². The molecule has 1 aliphatic rings. The van der Waals surface area contributed by atoms with Gasteiger partial charge in [-0.2, -0.15) is 5.10 Å². The van der Waals surface area contributed by atoms with Crippen LogP contribution in [0.15, 0.2) is 12.3 Å². The number of aryl methyl sites for hydroxylation is 1. The average Bonchev–Trinajstić information content (AvgIpc) is 2.94. The second-order valence-electron chi connectivity index (χ2n) is 7.21. The molecule has 0 saturated carbocycles. The molecule has 0 spiro atoms. The lowest BCUT2D eigenvalue weighted by molar-refractivity contribution is 0.181. The van der Waals surface area contributed by atoms with Crippen molar-refractivity contribution < 1.29 is 4.74 Å². The number of hydrogen-bond donors (Lipinski definition) is 2. The molecule has 2 aromatic rings. The molecule has 6 heteroatoms. The molecular weight excluding hydrogens is 290 g/mol. The molecule has 0 bridgehead atoms. The molecular formula is C17H25N5O. The number of aromatic nitrogens is 4. The van der Waals surface area contributed by atoms with Crippen LogP contribution in [0.2, 0.25) is 0 Å². The molecule has 0 aromatic carbocycles. The quantitative estimate of drug-likeness (QED) is 0.907. The van der Waals surface area contributed by atoms with Crippen molar-refractivity contribution in [2.45, 2.75) is 58.1 Å². The van der Waals surface area contributed by atoms with E-state index in [0.29, 0.717) is 12.6 Å². The van der Waals surface area contributed by atoms with Crippen molar-refractivity contribution in [3.63, 3.8) is 0 Å². The number of rotatable bonds is 4.